The molecule has 0 bridgehead atoms. The maximum atomic E-state index is 12.1. The fourth-order valence-electron chi connectivity index (χ4n) is 2.12. The van der Waals surface area contributed by atoms with Gasteiger partial charge >= 0.3 is 0 Å². The molecule has 21 heavy (non-hydrogen) atoms. The van der Waals surface area contributed by atoms with Gasteiger partial charge < -0.3 is 10.4 Å². The fourth-order valence-corrected chi connectivity index (χ4v) is 2.84. The number of aromatic nitrogens is 2. The van der Waals surface area contributed by atoms with Crippen LogP contribution in [-0.2, 0) is 17.8 Å². The smallest absolute Gasteiger partial charge is 0.230 e. The molecule has 6 heteroatoms. The van der Waals surface area contributed by atoms with Crippen LogP contribution in [0.2, 0.25) is 0 Å². The molecule has 0 aliphatic rings. The van der Waals surface area contributed by atoms with Crippen LogP contribution in [0.5, 0.6) is 0 Å². The van der Waals surface area contributed by atoms with Crippen LogP contribution in [0.25, 0.3) is 4.96 Å². The quantitative estimate of drug-likeness (QED) is 0.777. The first kappa shape index (κ1) is 13.8. The average Bonchev–Trinajstić information content (AvgIpc) is 3.02. The predicted molar refractivity (Wildman–Crippen MR) is 82.5 cm³/mol. The zero-order valence-electron chi connectivity index (χ0n) is 11.5. The zero-order chi connectivity index (χ0) is 14.8. The first-order valence-corrected chi connectivity index (χ1v) is 7.45. The van der Waals surface area contributed by atoms with Gasteiger partial charge in [0.2, 0.25) is 5.91 Å². The van der Waals surface area contributed by atoms with Crippen LogP contribution in [0, 0.1) is 6.92 Å². The third-order valence-electron chi connectivity index (χ3n) is 3.24. The molecule has 0 unspecified atom stereocenters. The Morgan fingerprint density at radius 2 is 2.33 bits per heavy atom. The molecule has 2 N–H and O–H groups in total. The van der Waals surface area contributed by atoms with Crippen LogP contribution < -0.4 is 5.32 Å². The van der Waals surface area contributed by atoms with Gasteiger partial charge in [-0.3, -0.25) is 9.20 Å². The van der Waals surface area contributed by atoms with Crippen molar-refractivity contribution in [2.24, 2.45) is 0 Å². The summed E-state index contributed by atoms with van der Waals surface area (Å²) in [6, 6.07) is 5.52. The lowest BCUT2D eigenvalue weighted by atomic mass is 10.1. The van der Waals surface area contributed by atoms with Gasteiger partial charge in [-0.2, -0.15) is 0 Å². The number of carbonyl (C=O) groups is 1. The maximum Gasteiger partial charge on any atom is 0.230 e. The molecule has 2 heterocycles. The summed E-state index contributed by atoms with van der Waals surface area (Å²) in [5, 5.41) is 14.0. The molecule has 0 saturated carbocycles. The number of anilines is 1. The van der Waals surface area contributed by atoms with Gasteiger partial charge in [0.1, 0.15) is 0 Å². The number of aliphatic hydroxyl groups excluding tert-OH is 1. The number of imidazole rings is 1. The van der Waals surface area contributed by atoms with E-state index in [9.17, 15) is 4.79 Å². The lowest BCUT2D eigenvalue weighted by Gasteiger charge is -2.09. The number of nitrogens with zero attached hydrogens (tertiary/aromatic N) is 2. The molecule has 3 aromatic rings. The normalized spacial score (nSPS) is 11.0. The predicted octanol–water partition coefficient (Wildman–Crippen LogP) is 2.38. The third-order valence-corrected chi connectivity index (χ3v) is 4.01. The Hall–Kier alpha value is -2.18. The summed E-state index contributed by atoms with van der Waals surface area (Å²) in [6.45, 7) is 1.88. The minimum absolute atomic E-state index is 0.0412. The molecule has 0 aliphatic heterocycles. The van der Waals surface area contributed by atoms with Crippen LogP contribution in [0.15, 0.2) is 36.0 Å². The molecule has 1 aromatic carbocycles. The first-order chi connectivity index (χ1) is 10.2. The van der Waals surface area contributed by atoms with Gasteiger partial charge in [0.05, 0.1) is 18.7 Å². The standard InChI is InChI=1S/C15H15N3O2S/c1-10-2-3-11(9-19)6-13(10)17-14(20)7-12-8-18-4-5-21-15(18)16-12/h2-6,8,19H,7,9H2,1H3,(H,17,20). The number of benzene rings is 1. The van der Waals surface area contributed by atoms with Crippen molar-refractivity contribution >= 4 is 27.9 Å². The zero-order valence-corrected chi connectivity index (χ0v) is 12.4. The summed E-state index contributed by atoms with van der Waals surface area (Å²) in [5.74, 6) is -0.112. The molecule has 0 saturated heterocycles. The van der Waals surface area contributed by atoms with E-state index >= 15 is 0 Å². The van der Waals surface area contributed by atoms with Gasteiger partial charge in [-0.05, 0) is 24.1 Å². The highest BCUT2D eigenvalue weighted by atomic mass is 32.1. The molecule has 5 nitrogen and oxygen atoms in total. The van der Waals surface area contributed by atoms with Gasteiger partial charge in [-0.25, -0.2) is 4.98 Å². The third kappa shape index (κ3) is 2.96. The summed E-state index contributed by atoms with van der Waals surface area (Å²) in [4.78, 5) is 17.4. The summed E-state index contributed by atoms with van der Waals surface area (Å²) in [5.41, 5.74) is 3.22. The van der Waals surface area contributed by atoms with E-state index in [1.807, 2.05) is 41.2 Å². The van der Waals surface area contributed by atoms with Crippen molar-refractivity contribution in [3.05, 3.63) is 52.8 Å². The van der Waals surface area contributed by atoms with Crippen molar-refractivity contribution < 1.29 is 9.90 Å². The molecular formula is C15H15N3O2S. The van der Waals surface area contributed by atoms with E-state index in [2.05, 4.69) is 10.3 Å². The Balaban J connectivity index is 1.72. The van der Waals surface area contributed by atoms with E-state index < -0.39 is 0 Å². The Labute approximate surface area is 125 Å². The van der Waals surface area contributed by atoms with Gasteiger partial charge in [0.25, 0.3) is 0 Å². The lowest BCUT2D eigenvalue weighted by molar-refractivity contribution is -0.115. The van der Waals surface area contributed by atoms with E-state index in [1.165, 1.54) is 11.3 Å². The van der Waals surface area contributed by atoms with Gasteiger partial charge in [-0.1, -0.05) is 12.1 Å². The molecule has 3 rings (SSSR count). The molecule has 0 radical (unpaired) electrons. The molecule has 2 aromatic heterocycles. The van der Waals surface area contributed by atoms with Crippen molar-refractivity contribution in [2.45, 2.75) is 20.0 Å². The van der Waals surface area contributed by atoms with E-state index in [-0.39, 0.29) is 18.9 Å². The number of carbonyl (C=O) groups excluding carboxylic acids is 1. The largest absolute Gasteiger partial charge is 0.392 e. The van der Waals surface area contributed by atoms with Gasteiger partial charge in [0.15, 0.2) is 4.96 Å². The number of amides is 1. The summed E-state index contributed by atoms with van der Waals surface area (Å²) in [6.07, 6.45) is 4.02. The minimum atomic E-state index is -0.112. The van der Waals surface area contributed by atoms with Crippen LogP contribution in [-0.4, -0.2) is 20.4 Å². The molecule has 0 aliphatic carbocycles. The van der Waals surface area contributed by atoms with E-state index in [0.717, 1.165) is 27.5 Å². The average molecular weight is 301 g/mol. The van der Waals surface area contributed by atoms with E-state index in [0.29, 0.717) is 0 Å². The Morgan fingerprint density at radius 3 is 3.10 bits per heavy atom. The second-order valence-electron chi connectivity index (χ2n) is 4.86. The van der Waals surface area contributed by atoms with Crippen molar-refractivity contribution in [3.8, 4) is 0 Å². The highest BCUT2D eigenvalue weighted by Gasteiger charge is 2.10. The first-order valence-electron chi connectivity index (χ1n) is 6.57. The highest BCUT2D eigenvalue weighted by molar-refractivity contribution is 7.15. The topological polar surface area (TPSA) is 66.6 Å². The Morgan fingerprint density at radius 1 is 1.48 bits per heavy atom. The highest BCUT2D eigenvalue weighted by Crippen LogP contribution is 2.18. The molecule has 0 fully saturated rings. The fraction of sp³-hybridized carbons (Fsp3) is 0.200. The molecule has 0 atom stereocenters. The molecule has 0 spiro atoms. The second-order valence-corrected chi connectivity index (χ2v) is 5.73. The summed E-state index contributed by atoms with van der Waals surface area (Å²) in [7, 11) is 0. The van der Waals surface area contributed by atoms with Crippen LogP contribution in [0.3, 0.4) is 0 Å². The summed E-state index contributed by atoms with van der Waals surface area (Å²) >= 11 is 1.54. The molecular weight excluding hydrogens is 286 g/mol. The van der Waals surface area contributed by atoms with Crippen LogP contribution in [0.4, 0.5) is 5.69 Å². The van der Waals surface area contributed by atoms with Gasteiger partial charge in [-0.15, -0.1) is 11.3 Å². The molecule has 1 amide bonds. The molecule has 108 valence electrons. The Kier molecular flexibility index (Phi) is 3.72. The number of rotatable bonds is 4. The second kappa shape index (κ2) is 5.67. The summed E-state index contributed by atoms with van der Waals surface area (Å²) < 4.78 is 1.91. The number of nitrogens with one attached hydrogen (secondary N) is 1. The minimum Gasteiger partial charge on any atom is -0.392 e. The maximum absolute atomic E-state index is 12.1. The van der Waals surface area contributed by atoms with E-state index in [1.54, 1.807) is 6.07 Å². The van der Waals surface area contributed by atoms with Crippen molar-refractivity contribution in [3.63, 3.8) is 0 Å². The van der Waals surface area contributed by atoms with Crippen molar-refractivity contribution in [1.82, 2.24) is 9.38 Å². The number of fused-ring (bicyclic) bond motifs is 1. The van der Waals surface area contributed by atoms with Crippen molar-refractivity contribution in [2.75, 3.05) is 5.32 Å². The number of hydrogen-bond donors (Lipinski definition) is 2. The van der Waals surface area contributed by atoms with Gasteiger partial charge in [0, 0.05) is 23.5 Å². The number of thiazole rings is 1. The monoisotopic (exact) mass is 301 g/mol. The van der Waals surface area contributed by atoms with Crippen LogP contribution >= 0.6 is 11.3 Å². The SMILES string of the molecule is Cc1ccc(CO)cc1NC(=O)Cc1cn2ccsc2n1. The van der Waals surface area contributed by atoms with Crippen molar-refractivity contribution in [1.29, 1.82) is 0 Å². The van der Waals surface area contributed by atoms with Crippen LogP contribution in [0.1, 0.15) is 16.8 Å². The number of aryl methyl sites for hydroxylation is 1. The number of hydrogen-bond acceptors (Lipinski definition) is 4. The lowest BCUT2D eigenvalue weighted by Crippen LogP contribution is -2.15. The Bertz CT molecular complexity index is 763. The number of aliphatic hydroxyl groups is 1. The van der Waals surface area contributed by atoms with E-state index in [4.69, 9.17) is 5.11 Å².